The number of benzene rings is 2. The second kappa shape index (κ2) is 7.74. The fourth-order valence-electron chi connectivity index (χ4n) is 3.67. The molecule has 1 atom stereocenters. The van der Waals surface area contributed by atoms with Crippen LogP contribution in [0.2, 0.25) is 10.0 Å². The Morgan fingerprint density at radius 3 is 2.23 bits per heavy atom. The van der Waals surface area contributed by atoms with E-state index in [2.05, 4.69) is 4.98 Å². The van der Waals surface area contributed by atoms with Gasteiger partial charge in [-0.3, -0.25) is 9.78 Å². The molecule has 4 rings (SSSR count). The van der Waals surface area contributed by atoms with Gasteiger partial charge in [-0.05, 0) is 47.9 Å². The summed E-state index contributed by atoms with van der Waals surface area (Å²) in [6, 6.07) is 16.1. The minimum absolute atomic E-state index is 0.315. The number of carbonyl (C=O) groups is 2. The molecule has 30 heavy (non-hydrogen) atoms. The number of imide groups is 1. The molecule has 0 unspecified atom stereocenters. The number of rotatable bonds is 4. The Hall–Kier alpha value is -2.89. The van der Waals surface area contributed by atoms with Gasteiger partial charge >= 0.3 is 6.03 Å². The lowest BCUT2D eigenvalue weighted by atomic mass is 9.90. The van der Waals surface area contributed by atoms with Crippen molar-refractivity contribution in [2.75, 3.05) is 11.9 Å². The summed E-state index contributed by atoms with van der Waals surface area (Å²) in [5, 5.41) is 0.723. The summed E-state index contributed by atoms with van der Waals surface area (Å²) < 4.78 is 0. The number of hydrogen-bond acceptors (Lipinski definition) is 3. The number of urea groups is 1. The number of hydrogen-bond donors (Lipinski definition) is 0. The highest BCUT2D eigenvalue weighted by Gasteiger charge is 2.53. The van der Waals surface area contributed by atoms with E-state index in [0.29, 0.717) is 22.2 Å². The molecular weight excluding hydrogens is 421 g/mol. The summed E-state index contributed by atoms with van der Waals surface area (Å²) in [4.78, 5) is 33.0. The van der Waals surface area contributed by atoms with Gasteiger partial charge in [-0.25, -0.2) is 9.69 Å². The van der Waals surface area contributed by atoms with Gasteiger partial charge in [0, 0.05) is 35.9 Å². The molecule has 0 spiro atoms. The number of nitrogens with zero attached hydrogens (tertiary/aromatic N) is 3. The first-order valence-corrected chi connectivity index (χ1v) is 10.1. The second-order valence-electron chi connectivity index (χ2n) is 7.50. The fraction of sp³-hybridized carbons (Fsp3) is 0.174. The molecule has 0 aliphatic carbocycles. The van der Waals surface area contributed by atoms with E-state index in [4.69, 9.17) is 23.2 Å². The minimum Gasteiger partial charge on any atom is -0.312 e. The van der Waals surface area contributed by atoms with Gasteiger partial charge in [-0.1, -0.05) is 53.5 Å². The van der Waals surface area contributed by atoms with Crippen LogP contribution in [0, 0.1) is 0 Å². The van der Waals surface area contributed by atoms with E-state index in [-0.39, 0.29) is 5.91 Å². The molecule has 0 bridgehead atoms. The largest absolute Gasteiger partial charge is 0.332 e. The topological polar surface area (TPSA) is 53.5 Å². The maximum absolute atomic E-state index is 13.3. The molecule has 0 radical (unpaired) electrons. The average Bonchev–Trinajstić information content (AvgIpc) is 2.89. The molecule has 1 aliphatic rings. The Balaban J connectivity index is 1.62. The van der Waals surface area contributed by atoms with Crippen molar-refractivity contribution in [2.45, 2.75) is 18.9 Å². The van der Waals surface area contributed by atoms with Crippen molar-refractivity contribution >= 4 is 40.8 Å². The summed E-state index contributed by atoms with van der Waals surface area (Å²) in [5.74, 6) is -0.315. The van der Waals surface area contributed by atoms with Crippen LogP contribution >= 0.6 is 23.2 Å². The van der Waals surface area contributed by atoms with Crippen molar-refractivity contribution in [3.05, 3.63) is 82.6 Å². The van der Waals surface area contributed by atoms with Crippen LogP contribution in [-0.4, -0.2) is 34.4 Å². The Bertz CT molecular complexity index is 1100. The highest BCUT2D eigenvalue weighted by molar-refractivity contribution is 6.35. The van der Waals surface area contributed by atoms with Crippen LogP contribution in [0.4, 0.5) is 10.5 Å². The molecule has 152 valence electrons. The van der Waals surface area contributed by atoms with Crippen LogP contribution in [-0.2, 0) is 11.2 Å². The number of likely N-dealkylation sites (N-methyl/N-ethyl adjacent to an activating group) is 1. The average molecular weight is 440 g/mol. The predicted octanol–water partition coefficient (Wildman–Crippen LogP) is 5.46. The molecule has 0 N–H and O–H groups in total. The number of carbonyl (C=O) groups excluding carboxylic acids is 2. The van der Waals surface area contributed by atoms with E-state index in [1.165, 1.54) is 4.90 Å². The van der Waals surface area contributed by atoms with E-state index < -0.39 is 11.6 Å². The van der Waals surface area contributed by atoms with Crippen LogP contribution in [0.15, 0.2) is 67.0 Å². The SMILES string of the molecule is CN1C(=O)N(c2cc(Cl)cc(Cl)c2)C(=O)[C@@]1(C)Cc1ccc(-c2cccnc2)cc1. The fourth-order valence-corrected chi connectivity index (χ4v) is 4.18. The van der Waals surface area contributed by atoms with Crippen LogP contribution in [0.1, 0.15) is 12.5 Å². The Morgan fingerprint density at radius 1 is 0.967 bits per heavy atom. The maximum Gasteiger partial charge on any atom is 0.332 e. The molecule has 1 aromatic heterocycles. The molecule has 1 saturated heterocycles. The van der Waals surface area contributed by atoms with Gasteiger partial charge < -0.3 is 4.90 Å². The first-order chi connectivity index (χ1) is 14.3. The van der Waals surface area contributed by atoms with E-state index in [0.717, 1.165) is 21.6 Å². The molecule has 3 amide bonds. The van der Waals surface area contributed by atoms with Crippen molar-refractivity contribution in [2.24, 2.45) is 0 Å². The molecule has 7 heteroatoms. The third kappa shape index (κ3) is 3.55. The highest BCUT2D eigenvalue weighted by Crippen LogP contribution is 2.36. The number of aromatic nitrogens is 1. The van der Waals surface area contributed by atoms with Crippen LogP contribution in [0.25, 0.3) is 11.1 Å². The summed E-state index contributed by atoms with van der Waals surface area (Å²) in [6.45, 7) is 1.77. The quantitative estimate of drug-likeness (QED) is 0.507. The molecule has 2 heterocycles. The lowest BCUT2D eigenvalue weighted by molar-refractivity contribution is -0.123. The predicted molar refractivity (Wildman–Crippen MR) is 119 cm³/mol. The van der Waals surface area contributed by atoms with Crippen molar-refractivity contribution < 1.29 is 9.59 Å². The van der Waals surface area contributed by atoms with Gasteiger partial charge in [0.05, 0.1) is 5.69 Å². The molecule has 5 nitrogen and oxygen atoms in total. The molecule has 0 saturated carbocycles. The third-order valence-electron chi connectivity index (χ3n) is 5.48. The summed E-state index contributed by atoms with van der Waals surface area (Å²) in [7, 11) is 1.64. The molecule has 1 fully saturated rings. The first kappa shape index (κ1) is 20.4. The monoisotopic (exact) mass is 439 g/mol. The lowest BCUT2D eigenvalue weighted by Crippen LogP contribution is -2.47. The van der Waals surface area contributed by atoms with Crippen LogP contribution in [0.3, 0.4) is 0 Å². The number of amides is 3. The summed E-state index contributed by atoms with van der Waals surface area (Å²) in [5.41, 5.74) is 2.34. The van der Waals surface area contributed by atoms with Gasteiger partial charge in [0.25, 0.3) is 5.91 Å². The first-order valence-electron chi connectivity index (χ1n) is 9.37. The second-order valence-corrected chi connectivity index (χ2v) is 8.37. The Morgan fingerprint density at radius 2 is 1.63 bits per heavy atom. The maximum atomic E-state index is 13.3. The van der Waals surface area contributed by atoms with Gasteiger partial charge in [-0.2, -0.15) is 0 Å². The van der Waals surface area contributed by atoms with Crippen molar-refractivity contribution in [1.82, 2.24) is 9.88 Å². The zero-order chi connectivity index (χ0) is 21.5. The van der Waals surface area contributed by atoms with Gasteiger partial charge in [0.15, 0.2) is 0 Å². The standard InChI is InChI=1S/C23H19Cl2N3O2/c1-23(13-15-5-7-16(8-6-15)17-4-3-9-26-14-17)21(29)28(22(30)27(23)2)20-11-18(24)10-19(25)12-20/h3-12,14H,13H2,1-2H3/t23-/m1/s1. The smallest absolute Gasteiger partial charge is 0.312 e. The Labute approximate surface area is 184 Å². The Kier molecular flexibility index (Phi) is 5.26. The van der Waals surface area contributed by atoms with E-state index >= 15 is 0 Å². The van der Waals surface area contributed by atoms with Crippen LogP contribution in [0.5, 0.6) is 0 Å². The third-order valence-corrected chi connectivity index (χ3v) is 5.92. The lowest BCUT2D eigenvalue weighted by Gasteiger charge is -2.28. The summed E-state index contributed by atoms with van der Waals surface area (Å²) in [6.07, 6.45) is 3.92. The molecular formula is C23H19Cl2N3O2. The van der Waals surface area contributed by atoms with Gasteiger partial charge in [-0.15, -0.1) is 0 Å². The van der Waals surface area contributed by atoms with Crippen molar-refractivity contribution in [1.29, 1.82) is 0 Å². The van der Waals surface area contributed by atoms with Crippen LogP contribution < -0.4 is 4.90 Å². The zero-order valence-electron chi connectivity index (χ0n) is 16.5. The molecule has 1 aliphatic heterocycles. The molecule has 3 aromatic rings. The number of halogens is 2. The normalized spacial score (nSPS) is 18.9. The highest BCUT2D eigenvalue weighted by atomic mass is 35.5. The van der Waals surface area contributed by atoms with E-state index in [1.807, 2.05) is 36.4 Å². The van der Waals surface area contributed by atoms with Gasteiger partial charge in [0.2, 0.25) is 0 Å². The van der Waals surface area contributed by atoms with E-state index in [9.17, 15) is 9.59 Å². The van der Waals surface area contributed by atoms with Crippen molar-refractivity contribution in [3.63, 3.8) is 0 Å². The summed E-state index contributed by atoms with van der Waals surface area (Å²) >= 11 is 12.1. The number of anilines is 1. The minimum atomic E-state index is -1.03. The number of pyridine rings is 1. The zero-order valence-corrected chi connectivity index (χ0v) is 18.0. The molecule has 2 aromatic carbocycles. The van der Waals surface area contributed by atoms with Gasteiger partial charge in [0.1, 0.15) is 5.54 Å². The van der Waals surface area contributed by atoms with E-state index in [1.54, 1.807) is 44.6 Å². The van der Waals surface area contributed by atoms with Crippen molar-refractivity contribution in [3.8, 4) is 11.1 Å².